The number of phenolic OH excluding ortho intramolecular Hbond substituents is 2. The molecule has 0 spiro atoms. The maximum Gasteiger partial charge on any atom is 0.271 e. The lowest BCUT2D eigenvalue weighted by atomic mass is 10.2. The van der Waals surface area contributed by atoms with E-state index in [-0.39, 0.29) is 21.9 Å². The van der Waals surface area contributed by atoms with Crippen molar-refractivity contribution >= 4 is 44.0 Å². The molecule has 3 N–H and O–H groups in total. The van der Waals surface area contributed by atoms with Crippen LogP contribution in [-0.4, -0.2) is 29.4 Å². The van der Waals surface area contributed by atoms with E-state index in [1.54, 1.807) is 37.4 Å². The lowest BCUT2D eigenvalue weighted by molar-refractivity contribution is 0.0955. The number of hydrogen-bond acceptors (Lipinski definition) is 5. The topological polar surface area (TPSA) is 91.2 Å². The molecule has 1 amide bonds. The zero-order valence-electron chi connectivity index (χ0n) is 11.9. The van der Waals surface area contributed by atoms with Gasteiger partial charge >= 0.3 is 0 Å². The van der Waals surface area contributed by atoms with Crippen LogP contribution in [0.25, 0.3) is 0 Å². The number of benzene rings is 2. The number of hydrogen-bond donors (Lipinski definition) is 3. The van der Waals surface area contributed by atoms with Crippen LogP contribution in [-0.2, 0) is 0 Å². The molecule has 2 rings (SSSR count). The summed E-state index contributed by atoms with van der Waals surface area (Å²) in [5, 5.41) is 23.1. The van der Waals surface area contributed by atoms with Crippen LogP contribution in [0, 0.1) is 0 Å². The van der Waals surface area contributed by atoms with Gasteiger partial charge in [-0.15, -0.1) is 0 Å². The second-order valence-corrected chi connectivity index (χ2v) is 6.03. The average Bonchev–Trinajstić information content (AvgIpc) is 2.57. The van der Waals surface area contributed by atoms with E-state index >= 15 is 0 Å². The molecule has 0 heterocycles. The van der Waals surface area contributed by atoms with Gasteiger partial charge in [0.15, 0.2) is 11.5 Å². The zero-order valence-corrected chi connectivity index (χ0v) is 15.1. The highest BCUT2D eigenvalue weighted by atomic mass is 79.9. The second-order valence-electron chi connectivity index (χ2n) is 4.39. The molecule has 0 bridgehead atoms. The summed E-state index contributed by atoms with van der Waals surface area (Å²) >= 11 is 6.25. The van der Waals surface area contributed by atoms with Crippen molar-refractivity contribution in [2.75, 3.05) is 7.11 Å². The fourth-order valence-electron chi connectivity index (χ4n) is 1.68. The van der Waals surface area contributed by atoms with E-state index in [4.69, 9.17) is 4.74 Å². The Labute approximate surface area is 149 Å². The Kier molecular flexibility index (Phi) is 5.62. The molecule has 0 unspecified atom stereocenters. The number of hydrazone groups is 1. The van der Waals surface area contributed by atoms with Crippen molar-refractivity contribution in [1.29, 1.82) is 0 Å². The first kappa shape index (κ1) is 17.3. The van der Waals surface area contributed by atoms with Gasteiger partial charge in [-0.05, 0) is 62.2 Å². The highest BCUT2D eigenvalue weighted by Gasteiger charge is 2.13. The molecule has 0 aliphatic heterocycles. The smallest absolute Gasteiger partial charge is 0.271 e. The number of ether oxygens (including phenoxy) is 1. The number of halogens is 2. The van der Waals surface area contributed by atoms with Crippen molar-refractivity contribution in [1.82, 2.24) is 5.43 Å². The summed E-state index contributed by atoms with van der Waals surface area (Å²) in [6.07, 6.45) is 1.34. The number of aromatic hydroxyl groups is 2. The van der Waals surface area contributed by atoms with Gasteiger partial charge < -0.3 is 14.9 Å². The number of carbonyl (C=O) groups excluding carboxylic acids is 1. The van der Waals surface area contributed by atoms with Crippen LogP contribution in [0.4, 0.5) is 0 Å². The van der Waals surface area contributed by atoms with E-state index < -0.39 is 0 Å². The van der Waals surface area contributed by atoms with Gasteiger partial charge in [-0.3, -0.25) is 4.79 Å². The van der Waals surface area contributed by atoms with Gasteiger partial charge in [0.25, 0.3) is 5.91 Å². The molecule has 0 aliphatic rings. The van der Waals surface area contributed by atoms with Crippen molar-refractivity contribution in [2.45, 2.75) is 0 Å². The molecule has 2 aromatic rings. The van der Waals surface area contributed by atoms with Gasteiger partial charge in [0.1, 0.15) is 5.75 Å². The fraction of sp³-hybridized carbons (Fsp3) is 0.0667. The number of amides is 1. The number of nitrogens with one attached hydrogen (secondary N) is 1. The minimum absolute atomic E-state index is 0.264. The van der Waals surface area contributed by atoms with E-state index in [1.807, 2.05) is 0 Å². The molecule has 0 saturated heterocycles. The number of phenols is 2. The largest absolute Gasteiger partial charge is 0.503 e. The van der Waals surface area contributed by atoms with E-state index in [0.717, 1.165) is 0 Å². The van der Waals surface area contributed by atoms with Gasteiger partial charge in [0.2, 0.25) is 0 Å². The average molecular weight is 444 g/mol. The third-order valence-corrected chi connectivity index (χ3v) is 4.35. The molecule has 0 aliphatic carbocycles. The SMILES string of the molecule is COc1ccc(C(=O)N/N=C/c2cc(Br)c(O)c(O)c2Br)cc1. The maximum absolute atomic E-state index is 11.9. The highest BCUT2D eigenvalue weighted by Crippen LogP contribution is 2.40. The lowest BCUT2D eigenvalue weighted by Gasteiger charge is -2.06. The Morgan fingerprint density at radius 1 is 1.22 bits per heavy atom. The van der Waals surface area contributed by atoms with E-state index in [2.05, 4.69) is 42.4 Å². The maximum atomic E-state index is 11.9. The van der Waals surface area contributed by atoms with Gasteiger partial charge in [0.05, 0.1) is 22.3 Å². The van der Waals surface area contributed by atoms with Crippen LogP contribution in [0.5, 0.6) is 17.2 Å². The summed E-state index contributed by atoms with van der Waals surface area (Å²) in [5.74, 6) is -0.334. The van der Waals surface area contributed by atoms with E-state index in [9.17, 15) is 15.0 Å². The summed E-state index contributed by atoms with van der Waals surface area (Å²) < 4.78 is 5.59. The third kappa shape index (κ3) is 4.02. The quantitative estimate of drug-likeness (QED) is 0.383. The first-order valence-electron chi connectivity index (χ1n) is 6.31. The summed E-state index contributed by atoms with van der Waals surface area (Å²) in [4.78, 5) is 11.9. The van der Waals surface area contributed by atoms with Gasteiger partial charge in [-0.25, -0.2) is 5.43 Å². The number of carbonyl (C=O) groups is 1. The fourth-order valence-corrected chi connectivity index (χ4v) is 2.52. The first-order valence-corrected chi connectivity index (χ1v) is 7.90. The van der Waals surface area contributed by atoms with Crippen LogP contribution >= 0.6 is 31.9 Å². The van der Waals surface area contributed by atoms with E-state index in [1.165, 1.54) is 6.21 Å². The zero-order chi connectivity index (χ0) is 17.0. The van der Waals surface area contributed by atoms with Gasteiger partial charge in [0, 0.05) is 11.1 Å². The molecular formula is C15H12Br2N2O4. The number of rotatable bonds is 4. The minimum Gasteiger partial charge on any atom is -0.503 e. The molecule has 2 aromatic carbocycles. The monoisotopic (exact) mass is 442 g/mol. The molecule has 23 heavy (non-hydrogen) atoms. The second kappa shape index (κ2) is 7.47. The molecule has 120 valence electrons. The van der Waals surface area contributed by atoms with Crippen LogP contribution in [0.1, 0.15) is 15.9 Å². The number of nitrogens with zero attached hydrogens (tertiary/aromatic N) is 1. The van der Waals surface area contributed by atoms with Crippen LogP contribution in [0.15, 0.2) is 44.4 Å². The third-order valence-electron chi connectivity index (χ3n) is 2.92. The molecule has 0 saturated carbocycles. The summed E-state index contributed by atoms with van der Waals surface area (Å²) in [5.41, 5.74) is 3.28. The predicted octanol–water partition coefficient (Wildman–Crippen LogP) is 3.40. The summed E-state index contributed by atoms with van der Waals surface area (Å²) in [6.45, 7) is 0. The molecule has 8 heteroatoms. The van der Waals surface area contributed by atoms with Crippen molar-refractivity contribution in [3.63, 3.8) is 0 Å². The lowest BCUT2D eigenvalue weighted by Crippen LogP contribution is -2.17. The molecule has 6 nitrogen and oxygen atoms in total. The van der Waals surface area contributed by atoms with Crippen molar-refractivity contribution in [3.8, 4) is 17.2 Å². The van der Waals surface area contributed by atoms with Crippen molar-refractivity contribution < 1.29 is 19.7 Å². The van der Waals surface area contributed by atoms with E-state index in [0.29, 0.717) is 21.3 Å². The Hall–Kier alpha value is -2.06. The Balaban J connectivity index is 2.11. The van der Waals surface area contributed by atoms with Gasteiger partial charge in [-0.2, -0.15) is 5.10 Å². The predicted molar refractivity (Wildman–Crippen MR) is 93.2 cm³/mol. The van der Waals surface area contributed by atoms with Crippen molar-refractivity contribution in [2.24, 2.45) is 5.10 Å². The molecular weight excluding hydrogens is 432 g/mol. The molecule has 0 fully saturated rings. The standard InChI is InChI=1S/C15H12Br2N2O4/c1-23-10-4-2-8(3-5-10)15(22)19-18-7-9-6-11(16)13(20)14(21)12(9)17/h2-7,20-21H,1H3,(H,19,22)/b18-7+. The number of methoxy groups -OCH3 is 1. The van der Waals surface area contributed by atoms with Crippen LogP contribution in [0.2, 0.25) is 0 Å². The van der Waals surface area contributed by atoms with Crippen molar-refractivity contribution in [3.05, 3.63) is 50.4 Å². The normalized spacial score (nSPS) is 10.7. The Bertz CT molecular complexity index is 761. The Morgan fingerprint density at radius 2 is 1.87 bits per heavy atom. The van der Waals surface area contributed by atoms with Crippen LogP contribution < -0.4 is 10.2 Å². The van der Waals surface area contributed by atoms with Crippen LogP contribution in [0.3, 0.4) is 0 Å². The van der Waals surface area contributed by atoms with Gasteiger partial charge in [-0.1, -0.05) is 0 Å². The summed E-state index contributed by atoms with van der Waals surface area (Å²) in [7, 11) is 1.54. The minimum atomic E-state index is -0.387. The molecule has 0 aromatic heterocycles. The Morgan fingerprint density at radius 3 is 2.48 bits per heavy atom. The summed E-state index contributed by atoms with van der Waals surface area (Å²) in [6, 6.07) is 8.11. The highest BCUT2D eigenvalue weighted by molar-refractivity contribution is 9.11. The molecule has 0 radical (unpaired) electrons. The molecule has 0 atom stereocenters. The first-order chi connectivity index (χ1) is 10.9.